The number of rotatable bonds is 3. The topological polar surface area (TPSA) is 23.6 Å². The van der Waals surface area contributed by atoms with Crippen molar-refractivity contribution in [2.45, 2.75) is 13.3 Å². The summed E-state index contributed by atoms with van der Waals surface area (Å²) < 4.78 is 0. The Morgan fingerprint density at radius 1 is 1.00 bits per heavy atom. The first kappa shape index (κ1) is 17.1. The first-order chi connectivity index (χ1) is 11.5. The van der Waals surface area contributed by atoms with Crippen molar-refractivity contribution in [3.05, 3.63) is 63.6 Å². The third kappa shape index (κ3) is 4.03. The van der Waals surface area contributed by atoms with Crippen LogP contribution >= 0.6 is 23.2 Å². The molecule has 1 saturated heterocycles. The van der Waals surface area contributed by atoms with Crippen LogP contribution in [0.4, 0.5) is 5.69 Å². The highest BCUT2D eigenvalue weighted by Gasteiger charge is 2.22. The highest BCUT2D eigenvalue weighted by Crippen LogP contribution is 2.29. The average Bonchev–Trinajstić information content (AvgIpc) is 2.57. The number of hydrogen-bond acceptors (Lipinski definition) is 2. The zero-order valence-electron chi connectivity index (χ0n) is 13.6. The van der Waals surface area contributed by atoms with Gasteiger partial charge < -0.3 is 9.80 Å². The standard InChI is InChI=1S/C19H20Cl2N2O/c1-14-2-4-15(5-3-14)12-19(24)23-10-8-22(9-11-23)18-7-6-16(20)13-17(18)21/h2-7,13H,8-12H2,1H3. The molecule has 2 aromatic carbocycles. The molecule has 24 heavy (non-hydrogen) atoms. The van der Waals surface area contributed by atoms with Gasteiger partial charge in [0, 0.05) is 31.2 Å². The van der Waals surface area contributed by atoms with Gasteiger partial charge in [-0.15, -0.1) is 0 Å². The van der Waals surface area contributed by atoms with Crippen molar-refractivity contribution in [3.8, 4) is 0 Å². The number of hydrogen-bond donors (Lipinski definition) is 0. The van der Waals surface area contributed by atoms with E-state index in [1.165, 1.54) is 5.56 Å². The highest BCUT2D eigenvalue weighted by atomic mass is 35.5. The third-order valence-electron chi connectivity index (χ3n) is 4.36. The molecule has 1 aliphatic rings. The first-order valence-electron chi connectivity index (χ1n) is 8.06. The summed E-state index contributed by atoms with van der Waals surface area (Å²) in [5.74, 6) is 0.181. The Morgan fingerprint density at radius 3 is 2.29 bits per heavy atom. The summed E-state index contributed by atoms with van der Waals surface area (Å²) >= 11 is 12.2. The van der Waals surface area contributed by atoms with E-state index in [1.54, 1.807) is 6.07 Å². The second-order valence-corrected chi connectivity index (χ2v) is 6.97. The van der Waals surface area contributed by atoms with E-state index in [1.807, 2.05) is 48.2 Å². The van der Waals surface area contributed by atoms with Gasteiger partial charge in [0.1, 0.15) is 0 Å². The summed E-state index contributed by atoms with van der Waals surface area (Å²) in [4.78, 5) is 16.6. The van der Waals surface area contributed by atoms with Gasteiger partial charge >= 0.3 is 0 Å². The summed E-state index contributed by atoms with van der Waals surface area (Å²) in [5.41, 5.74) is 3.25. The summed E-state index contributed by atoms with van der Waals surface area (Å²) in [6.07, 6.45) is 0.460. The maximum atomic E-state index is 12.5. The van der Waals surface area contributed by atoms with Crippen molar-refractivity contribution >= 4 is 34.8 Å². The minimum absolute atomic E-state index is 0.181. The molecule has 0 bridgehead atoms. The van der Waals surface area contributed by atoms with Gasteiger partial charge in [0.05, 0.1) is 17.1 Å². The van der Waals surface area contributed by atoms with E-state index in [4.69, 9.17) is 23.2 Å². The van der Waals surface area contributed by atoms with Crippen LogP contribution in [0.2, 0.25) is 10.0 Å². The van der Waals surface area contributed by atoms with E-state index in [9.17, 15) is 4.79 Å². The van der Waals surface area contributed by atoms with Crippen molar-refractivity contribution < 1.29 is 4.79 Å². The zero-order valence-corrected chi connectivity index (χ0v) is 15.1. The summed E-state index contributed by atoms with van der Waals surface area (Å²) in [6, 6.07) is 13.7. The number of nitrogens with zero attached hydrogens (tertiary/aromatic N) is 2. The molecule has 1 heterocycles. The molecule has 126 valence electrons. The quantitative estimate of drug-likeness (QED) is 0.816. The van der Waals surface area contributed by atoms with Gasteiger partial charge in [-0.25, -0.2) is 0 Å². The lowest BCUT2D eigenvalue weighted by atomic mass is 10.1. The number of carbonyl (C=O) groups excluding carboxylic acids is 1. The molecule has 0 saturated carbocycles. The van der Waals surface area contributed by atoms with Crippen LogP contribution in [0.15, 0.2) is 42.5 Å². The molecule has 0 N–H and O–H groups in total. The number of carbonyl (C=O) groups is 1. The number of halogens is 2. The fraction of sp³-hybridized carbons (Fsp3) is 0.316. The van der Waals surface area contributed by atoms with Crippen molar-refractivity contribution in [3.63, 3.8) is 0 Å². The summed E-state index contributed by atoms with van der Waals surface area (Å²) in [5, 5.41) is 1.29. The first-order valence-corrected chi connectivity index (χ1v) is 8.82. The monoisotopic (exact) mass is 362 g/mol. The van der Waals surface area contributed by atoms with Crippen LogP contribution in [0.3, 0.4) is 0 Å². The van der Waals surface area contributed by atoms with E-state index < -0.39 is 0 Å². The average molecular weight is 363 g/mol. The molecule has 5 heteroatoms. The minimum Gasteiger partial charge on any atom is -0.367 e. The number of amides is 1. The molecular weight excluding hydrogens is 343 g/mol. The second kappa shape index (κ2) is 7.45. The maximum absolute atomic E-state index is 12.5. The molecule has 2 aromatic rings. The molecule has 3 nitrogen and oxygen atoms in total. The van der Waals surface area contributed by atoms with Crippen molar-refractivity contribution in [1.29, 1.82) is 0 Å². The van der Waals surface area contributed by atoms with Crippen molar-refractivity contribution in [1.82, 2.24) is 4.90 Å². The lowest BCUT2D eigenvalue weighted by Crippen LogP contribution is -2.49. The molecule has 1 amide bonds. The molecule has 0 aromatic heterocycles. The van der Waals surface area contributed by atoms with Gasteiger partial charge in [-0.1, -0.05) is 53.0 Å². The Bertz CT molecular complexity index is 723. The van der Waals surface area contributed by atoms with Crippen LogP contribution in [0, 0.1) is 6.92 Å². The van der Waals surface area contributed by atoms with Crippen LogP contribution < -0.4 is 4.90 Å². The number of aryl methyl sites for hydroxylation is 1. The van der Waals surface area contributed by atoms with Gasteiger partial charge in [0.2, 0.25) is 5.91 Å². The predicted molar refractivity (Wildman–Crippen MR) is 100 cm³/mol. The zero-order chi connectivity index (χ0) is 17.1. The van der Waals surface area contributed by atoms with Crippen LogP contribution in [-0.2, 0) is 11.2 Å². The van der Waals surface area contributed by atoms with E-state index in [0.717, 1.165) is 24.3 Å². The maximum Gasteiger partial charge on any atom is 0.227 e. The number of anilines is 1. The Balaban J connectivity index is 1.58. The predicted octanol–water partition coefficient (Wildman–Crippen LogP) is 4.19. The lowest BCUT2D eigenvalue weighted by molar-refractivity contribution is -0.130. The van der Waals surface area contributed by atoms with Crippen LogP contribution in [0.25, 0.3) is 0 Å². The Kier molecular flexibility index (Phi) is 5.32. The van der Waals surface area contributed by atoms with E-state index >= 15 is 0 Å². The smallest absolute Gasteiger partial charge is 0.227 e. The fourth-order valence-electron chi connectivity index (χ4n) is 2.93. The third-order valence-corrected chi connectivity index (χ3v) is 4.90. The van der Waals surface area contributed by atoms with Crippen LogP contribution in [-0.4, -0.2) is 37.0 Å². The fourth-order valence-corrected chi connectivity index (χ4v) is 3.45. The molecule has 0 unspecified atom stereocenters. The number of piperazine rings is 1. The largest absolute Gasteiger partial charge is 0.367 e. The molecule has 0 atom stereocenters. The normalized spacial score (nSPS) is 14.8. The molecule has 0 radical (unpaired) electrons. The Morgan fingerprint density at radius 2 is 1.67 bits per heavy atom. The van der Waals surface area contributed by atoms with Crippen molar-refractivity contribution in [2.75, 3.05) is 31.1 Å². The Labute approximate surface area is 152 Å². The number of benzene rings is 2. The molecule has 1 aliphatic heterocycles. The second-order valence-electron chi connectivity index (χ2n) is 6.13. The van der Waals surface area contributed by atoms with Gasteiger partial charge in [-0.05, 0) is 30.7 Å². The molecule has 1 fully saturated rings. The van der Waals surface area contributed by atoms with E-state index in [0.29, 0.717) is 29.6 Å². The molecule has 0 aliphatic carbocycles. The van der Waals surface area contributed by atoms with Crippen LogP contribution in [0.1, 0.15) is 11.1 Å². The van der Waals surface area contributed by atoms with Gasteiger partial charge in [0.25, 0.3) is 0 Å². The SMILES string of the molecule is Cc1ccc(CC(=O)N2CCN(c3ccc(Cl)cc3Cl)CC2)cc1. The summed E-state index contributed by atoms with van der Waals surface area (Å²) in [6.45, 7) is 5.03. The van der Waals surface area contributed by atoms with Gasteiger partial charge in [-0.3, -0.25) is 4.79 Å². The molecule has 0 spiro atoms. The van der Waals surface area contributed by atoms with E-state index in [2.05, 4.69) is 4.90 Å². The van der Waals surface area contributed by atoms with Gasteiger partial charge in [-0.2, -0.15) is 0 Å². The van der Waals surface area contributed by atoms with E-state index in [-0.39, 0.29) is 5.91 Å². The molecule has 3 rings (SSSR count). The molecular formula is C19H20Cl2N2O. The summed E-state index contributed by atoms with van der Waals surface area (Å²) in [7, 11) is 0. The van der Waals surface area contributed by atoms with Gasteiger partial charge in [0.15, 0.2) is 0 Å². The van der Waals surface area contributed by atoms with Crippen LogP contribution in [0.5, 0.6) is 0 Å². The lowest BCUT2D eigenvalue weighted by Gasteiger charge is -2.36. The van der Waals surface area contributed by atoms with Crippen molar-refractivity contribution in [2.24, 2.45) is 0 Å². The Hall–Kier alpha value is -1.71. The highest BCUT2D eigenvalue weighted by molar-refractivity contribution is 6.36. The minimum atomic E-state index is 0.181.